The maximum atomic E-state index is 12.3. The van der Waals surface area contributed by atoms with E-state index in [1.807, 2.05) is 23.1 Å². The van der Waals surface area contributed by atoms with E-state index in [4.69, 9.17) is 19.2 Å². The van der Waals surface area contributed by atoms with Crippen LogP contribution in [0.4, 0.5) is 5.69 Å². The van der Waals surface area contributed by atoms with E-state index in [0.717, 1.165) is 75.1 Å². The molecule has 1 amide bonds. The van der Waals surface area contributed by atoms with Crippen LogP contribution in [0.2, 0.25) is 0 Å². The van der Waals surface area contributed by atoms with Gasteiger partial charge in [0.25, 0.3) is 0 Å². The number of hydrogen-bond donors (Lipinski definition) is 2. The summed E-state index contributed by atoms with van der Waals surface area (Å²) in [5.41, 5.74) is 0.872. The van der Waals surface area contributed by atoms with Crippen molar-refractivity contribution in [1.82, 2.24) is 10.2 Å². The Hall–Kier alpha value is -1.75. The molecule has 0 atom stereocenters. The van der Waals surface area contributed by atoms with Crippen molar-refractivity contribution in [2.75, 3.05) is 57.9 Å². The van der Waals surface area contributed by atoms with Crippen LogP contribution < -0.4 is 20.1 Å². The van der Waals surface area contributed by atoms with Crippen molar-refractivity contribution in [2.24, 2.45) is 10.9 Å². The molecule has 9 heteroatoms. The normalized spacial score (nSPS) is 17.8. The lowest BCUT2D eigenvalue weighted by Gasteiger charge is -2.17. The number of nitrogens with zero attached hydrogens (tertiary/aromatic N) is 2. The molecule has 33 heavy (non-hydrogen) atoms. The molecule has 3 aliphatic rings. The SMILES string of the molecule is I.O=C(CCNC(=NCCCOCC1CC1)Nc1ccc2c(c1)OCCCO2)N1CCCC1. The van der Waals surface area contributed by atoms with Crippen molar-refractivity contribution < 1.29 is 19.0 Å². The summed E-state index contributed by atoms with van der Waals surface area (Å²) in [6.07, 6.45) is 7.05. The van der Waals surface area contributed by atoms with Crippen molar-refractivity contribution in [3.63, 3.8) is 0 Å². The Morgan fingerprint density at radius 3 is 2.70 bits per heavy atom. The van der Waals surface area contributed by atoms with Crippen LogP contribution in [0.15, 0.2) is 23.2 Å². The zero-order valence-corrected chi connectivity index (χ0v) is 21.7. The van der Waals surface area contributed by atoms with Gasteiger partial charge in [-0.1, -0.05) is 0 Å². The van der Waals surface area contributed by atoms with Crippen LogP contribution in [0.5, 0.6) is 11.5 Å². The minimum absolute atomic E-state index is 0. The summed E-state index contributed by atoms with van der Waals surface area (Å²) in [6.45, 7) is 5.89. The molecule has 1 aliphatic carbocycles. The molecule has 8 nitrogen and oxygen atoms in total. The van der Waals surface area contributed by atoms with Gasteiger partial charge in [0, 0.05) is 64.0 Å². The van der Waals surface area contributed by atoms with Crippen molar-refractivity contribution in [1.29, 1.82) is 0 Å². The molecule has 1 aromatic carbocycles. The van der Waals surface area contributed by atoms with Crippen LogP contribution in [-0.4, -0.2) is 69.4 Å². The van der Waals surface area contributed by atoms with Crippen LogP contribution in [0, 0.1) is 5.92 Å². The van der Waals surface area contributed by atoms with E-state index in [9.17, 15) is 4.79 Å². The number of halogens is 1. The van der Waals surface area contributed by atoms with E-state index >= 15 is 0 Å². The molecule has 0 bridgehead atoms. The molecule has 0 radical (unpaired) electrons. The third-order valence-corrected chi connectivity index (χ3v) is 5.87. The van der Waals surface area contributed by atoms with E-state index in [-0.39, 0.29) is 29.9 Å². The maximum Gasteiger partial charge on any atom is 0.224 e. The van der Waals surface area contributed by atoms with E-state index in [1.54, 1.807) is 0 Å². The number of carbonyl (C=O) groups is 1. The number of ether oxygens (including phenoxy) is 3. The average molecular weight is 572 g/mol. The first-order valence-corrected chi connectivity index (χ1v) is 12.1. The van der Waals surface area contributed by atoms with Crippen LogP contribution in [0.25, 0.3) is 0 Å². The minimum Gasteiger partial charge on any atom is -0.490 e. The molecule has 0 aromatic heterocycles. The zero-order chi connectivity index (χ0) is 22.0. The highest BCUT2D eigenvalue weighted by atomic mass is 127. The molecule has 1 saturated heterocycles. The number of hydrogen-bond acceptors (Lipinski definition) is 5. The molecule has 0 unspecified atom stereocenters. The first-order valence-electron chi connectivity index (χ1n) is 12.1. The molecule has 1 aromatic rings. The van der Waals surface area contributed by atoms with E-state index in [2.05, 4.69) is 10.6 Å². The first kappa shape index (κ1) is 25.9. The minimum atomic E-state index is 0. The summed E-state index contributed by atoms with van der Waals surface area (Å²) >= 11 is 0. The molecule has 2 heterocycles. The number of guanidine groups is 1. The fourth-order valence-corrected chi connectivity index (χ4v) is 3.82. The van der Waals surface area contributed by atoms with Gasteiger partial charge in [-0.3, -0.25) is 9.79 Å². The summed E-state index contributed by atoms with van der Waals surface area (Å²) in [7, 11) is 0. The van der Waals surface area contributed by atoms with E-state index in [0.29, 0.717) is 38.7 Å². The van der Waals surface area contributed by atoms with E-state index < -0.39 is 0 Å². The van der Waals surface area contributed by atoms with Gasteiger partial charge >= 0.3 is 0 Å². The summed E-state index contributed by atoms with van der Waals surface area (Å²) < 4.78 is 17.2. The molecule has 1 saturated carbocycles. The summed E-state index contributed by atoms with van der Waals surface area (Å²) in [5, 5.41) is 6.66. The Balaban J connectivity index is 0.00000306. The second kappa shape index (κ2) is 13.8. The van der Waals surface area contributed by atoms with Gasteiger partial charge in [0.15, 0.2) is 17.5 Å². The van der Waals surface area contributed by atoms with Gasteiger partial charge < -0.3 is 29.7 Å². The van der Waals surface area contributed by atoms with Crippen LogP contribution in [-0.2, 0) is 9.53 Å². The molecular formula is C24H37IN4O4. The molecule has 2 N–H and O–H groups in total. The van der Waals surface area contributed by atoms with Crippen molar-refractivity contribution >= 4 is 41.5 Å². The average Bonchev–Trinajstić information content (AvgIpc) is 3.52. The monoisotopic (exact) mass is 572 g/mol. The molecule has 2 aliphatic heterocycles. The second-order valence-electron chi connectivity index (χ2n) is 8.70. The van der Waals surface area contributed by atoms with Gasteiger partial charge in [0.2, 0.25) is 5.91 Å². The van der Waals surface area contributed by atoms with E-state index in [1.165, 1.54) is 12.8 Å². The number of anilines is 1. The van der Waals surface area contributed by atoms with Gasteiger partial charge in [-0.25, -0.2) is 0 Å². The fraction of sp³-hybridized carbons (Fsp3) is 0.667. The Labute approximate surface area is 213 Å². The Bertz CT molecular complexity index is 782. The van der Waals surface area contributed by atoms with Gasteiger partial charge in [0.1, 0.15) is 0 Å². The van der Waals surface area contributed by atoms with Gasteiger partial charge in [-0.05, 0) is 50.2 Å². The van der Waals surface area contributed by atoms with Crippen molar-refractivity contribution in [2.45, 2.75) is 44.9 Å². The Kier molecular flexibility index (Phi) is 10.8. The van der Waals surface area contributed by atoms with Gasteiger partial charge in [-0.15, -0.1) is 24.0 Å². The quantitative estimate of drug-likeness (QED) is 0.193. The Morgan fingerprint density at radius 1 is 1.12 bits per heavy atom. The number of amides is 1. The van der Waals surface area contributed by atoms with Gasteiger partial charge in [-0.2, -0.15) is 0 Å². The lowest BCUT2D eigenvalue weighted by atomic mass is 10.2. The first-order chi connectivity index (χ1) is 15.8. The number of benzene rings is 1. The number of nitrogens with one attached hydrogen (secondary N) is 2. The highest BCUT2D eigenvalue weighted by Gasteiger charge is 2.21. The highest BCUT2D eigenvalue weighted by Crippen LogP contribution is 2.32. The summed E-state index contributed by atoms with van der Waals surface area (Å²) in [6, 6.07) is 5.81. The lowest BCUT2D eigenvalue weighted by molar-refractivity contribution is -0.129. The van der Waals surface area contributed by atoms with Crippen LogP contribution >= 0.6 is 24.0 Å². The topological polar surface area (TPSA) is 84.4 Å². The summed E-state index contributed by atoms with van der Waals surface area (Å²) in [4.78, 5) is 19.0. The zero-order valence-electron chi connectivity index (χ0n) is 19.4. The molecule has 2 fully saturated rings. The number of aliphatic imine (C=N–C) groups is 1. The van der Waals surface area contributed by atoms with Crippen molar-refractivity contribution in [3.8, 4) is 11.5 Å². The van der Waals surface area contributed by atoms with Crippen LogP contribution in [0.3, 0.4) is 0 Å². The number of likely N-dealkylation sites (tertiary alicyclic amines) is 1. The summed E-state index contributed by atoms with van der Waals surface area (Å²) in [5.74, 6) is 3.16. The standard InChI is InChI=1S/C24H36N4O4.HI/c29-23(28-12-1-2-13-28)9-11-26-24(25-10-3-14-30-18-19-5-6-19)27-20-7-8-21-22(17-20)32-16-4-15-31-21;/h7-8,17,19H,1-6,9-16,18H2,(H2,25,26,27);1H. The molecule has 184 valence electrons. The third-order valence-electron chi connectivity index (χ3n) is 5.87. The molecule has 4 rings (SSSR count). The molecular weight excluding hydrogens is 535 g/mol. The number of fused-ring (bicyclic) bond motifs is 1. The largest absolute Gasteiger partial charge is 0.490 e. The predicted octanol–water partition coefficient (Wildman–Crippen LogP) is 3.65. The molecule has 0 spiro atoms. The highest BCUT2D eigenvalue weighted by molar-refractivity contribution is 14.0. The Morgan fingerprint density at radius 2 is 1.91 bits per heavy atom. The fourth-order valence-electron chi connectivity index (χ4n) is 3.82. The third kappa shape index (κ3) is 8.84. The smallest absolute Gasteiger partial charge is 0.224 e. The van der Waals surface area contributed by atoms with Crippen LogP contribution in [0.1, 0.15) is 44.9 Å². The van der Waals surface area contributed by atoms with Gasteiger partial charge in [0.05, 0.1) is 13.2 Å². The number of rotatable bonds is 10. The lowest BCUT2D eigenvalue weighted by Crippen LogP contribution is -2.35. The second-order valence-corrected chi connectivity index (χ2v) is 8.70. The maximum absolute atomic E-state index is 12.3. The van der Waals surface area contributed by atoms with Crippen molar-refractivity contribution in [3.05, 3.63) is 18.2 Å². The number of carbonyl (C=O) groups excluding carboxylic acids is 1. The predicted molar refractivity (Wildman–Crippen MR) is 140 cm³/mol.